The van der Waals surface area contributed by atoms with Gasteiger partial charge in [-0.1, -0.05) is 0 Å². The number of carbonyl (C=O) groups is 1. The summed E-state index contributed by atoms with van der Waals surface area (Å²) in [6.45, 7) is 1.82. The van der Waals surface area contributed by atoms with Gasteiger partial charge in [-0.15, -0.1) is 0 Å². The molecular weight excluding hydrogens is 242 g/mol. The number of carbonyl (C=O) groups excluding carboxylic acids is 1. The minimum absolute atomic E-state index is 0.157. The highest BCUT2D eigenvalue weighted by Gasteiger charge is 2.20. The minimum atomic E-state index is -0.157. The lowest BCUT2D eigenvalue weighted by atomic mass is 10.1. The molecular formula is C13H15N5O. The van der Waals surface area contributed by atoms with E-state index in [0.29, 0.717) is 11.4 Å². The Morgan fingerprint density at radius 3 is 3.00 bits per heavy atom. The van der Waals surface area contributed by atoms with E-state index in [0.717, 1.165) is 30.8 Å². The Balaban J connectivity index is 1.80. The van der Waals surface area contributed by atoms with Gasteiger partial charge in [0.15, 0.2) is 5.82 Å². The lowest BCUT2D eigenvalue weighted by molar-refractivity contribution is 0.102. The molecule has 0 atom stereocenters. The van der Waals surface area contributed by atoms with Crippen molar-refractivity contribution in [3.8, 4) is 0 Å². The molecule has 2 aromatic heterocycles. The molecule has 1 amide bonds. The zero-order valence-electron chi connectivity index (χ0n) is 10.7. The van der Waals surface area contributed by atoms with Crippen molar-refractivity contribution in [2.24, 2.45) is 0 Å². The first-order valence-electron chi connectivity index (χ1n) is 6.20. The molecule has 2 aromatic rings. The van der Waals surface area contributed by atoms with Gasteiger partial charge in [-0.25, -0.2) is 0 Å². The molecule has 3 rings (SSSR count). The molecule has 0 saturated carbocycles. The molecule has 0 aromatic carbocycles. The molecule has 0 bridgehead atoms. The van der Waals surface area contributed by atoms with Gasteiger partial charge in [-0.3, -0.25) is 14.9 Å². The van der Waals surface area contributed by atoms with Gasteiger partial charge in [0, 0.05) is 36.6 Å². The number of nitrogens with one attached hydrogen (secondary N) is 2. The number of hydrogen-bond donors (Lipinski definition) is 2. The van der Waals surface area contributed by atoms with Crippen LogP contribution in [0, 0.1) is 0 Å². The van der Waals surface area contributed by atoms with Crippen molar-refractivity contribution in [1.82, 2.24) is 20.1 Å². The van der Waals surface area contributed by atoms with Crippen molar-refractivity contribution < 1.29 is 4.79 Å². The van der Waals surface area contributed by atoms with Crippen molar-refractivity contribution in [2.45, 2.75) is 13.0 Å². The van der Waals surface area contributed by atoms with Crippen LogP contribution >= 0.6 is 0 Å². The summed E-state index contributed by atoms with van der Waals surface area (Å²) in [6, 6.07) is 3.37. The van der Waals surface area contributed by atoms with Gasteiger partial charge in [0.05, 0.1) is 5.69 Å². The van der Waals surface area contributed by atoms with E-state index in [-0.39, 0.29) is 5.91 Å². The van der Waals surface area contributed by atoms with E-state index in [1.807, 2.05) is 0 Å². The predicted octanol–water partition coefficient (Wildman–Crippen LogP) is 1.04. The summed E-state index contributed by atoms with van der Waals surface area (Å²) in [4.78, 5) is 18.2. The number of nitrogens with zero attached hydrogens (tertiary/aromatic N) is 3. The third kappa shape index (κ3) is 2.34. The van der Waals surface area contributed by atoms with Crippen LogP contribution in [0.2, 0.25) is 0 Å². The minimum Gasteiger partial charge on any atom is -0.305 e. The van der Waals surface area contributed by atoms with E-state index in [1.54, 1.807) is 24.5 Å². The van der Waals surface area contributed by atoms with Gasteiger partial charge in [0.1, 0.15) is 0 Å². The average Bonchev–Trinajstić information content (AvgIpc) is 2.82. The molecule has 0 fully saturated rings. The number of aromatic amines is 1. The Labute approximate surface area is 110 Å². The van der Waals surface area contributed by atoms with Crippen molar-refractivity contribution >= 4 is 11.7 Å². The van der Waals surface area contributed by atoms with Crippen LogP contribution in [0.4, 0.5) is 5.82 Å². The average molecular weight is 257 g/mol. The maximum absolute atomic E-state index is 12.1. The van der Waals surface area contributed by atoms with Crippen LogP contribution < -0.4 is 5.32 Å². The highest BCUT2D eigenvalue weighted by atomic mass is 16.1. The molecule has 0 aliphatic carbocycles. The fraction of sp³-hybridized carbons (Fsp3) is 0.308. The molecule has 0 unspecified atom stereocenters. The maximum Gasteiger partial charge on any atom is 0.256 e. The fourth-order valence-electron chi connectivity index (χ4n) is 2.24. The van der Waals surface area contributed by atoms with Gasteiger partial charge in [-0.2, -0.15) is 5.10 Å². The topological polar surface area (TPSA) is 73.9 Å². The van der Waals surface area contributed by atoms with Gasteiger partial charge in [0.25, 0.3) is 5.91 Å². The molecule has 19 heavy (non-hydrogen) atoms. The third-order valence-corrected chi connectivity index (χ3v) is 3.30. The second kappa shape index (κ2) is 4.81. The van der Waals surface area contributed by atoms with Crippen LogP contribution in [-0.2, 0) is 13.0 Å². The van der Waals surface area contributed by atoms with E-state index in [2.05, 4.69) is 32.4 Å². The zero-order valence-corrected chi connectivity index (χ0v) is 10.7. The van der Waals surface area contributed by atoms with Crippen molar-refractivity contribution in [3.05, 3.63) is 41.3 Å². The second-order valence-corrected chi connectivity index (χ2v) is 4.71. The molecule has 0 radical (unpaired) electrons. The Morgan fingerprint density at radius 1 is 1.42 bits per heavy atom. The third-order valence-electron chi connectivity index (χ3n) is 3.30. The number of likely N-dealkylation sites (N-methyl/N-ethyl adjacent to an activating group) is 1. The first-order chi connectivity index (χ1) is 9.24. The lowest BCUT2D eigenvalue weighted by Crippen LogP contribution is -2.26. The molecule has 3 heterocycles. The largest absolute Gasteiger partial charge is 0.305 e. The van der Waals surface area contributed by atoms with E-state index >= 15 is 0 Å². The number of fused-ring (bicyclic) bond motifs is 1. The first-order valence-corrected chi connectivity index (χ1v) is 6.20. The summed E-state index contributed by atoms with van der Waals surface area (Å²) in [7, 11) is 2.07. The number of H-pyrrole nitrogens is 1. The van der Waals surface area contributed by atoms with Gasteiger partial charge < -0.3 is 10.2 Å². The quantitative estimate of drug-likeness (QED) is 0.843. The second-order valence-electron chi connectivity index (χ2n) is 4.71. The smallest absolute Gasteiger partial charge is 0.256 e. The molecule has 1 aliphatic heterocycles. The zero-order chi connectivity index (χ0) is 13.2. The highest BCUT2D eigenvalue weighted by molar-refractivity contribution is 6.04. The Hall–Kier alpha value is -2.21. The number of pyridine rings is 1. The van der Waals surface area contributed by atoms with Crippen molar-refractivity contribution in [1.29, 1.82) is 0 Å². The predicted molar refractivity (Wildman–Crippen MR) is 70.8 cm³/mol. The molecule has 6 nitrogen and oxygen atoms in total. The Bertz CT molecular complexity index is 592. The Morgan fingerprint density at radius 2 is 2.21 bits per heavy atom. The van der Waals surface area contributed by atoms with Crippen LogP contribution in [0.5, 0.6) is 0 Å². The number of rotatable bonds is 2. The SMILES string of the molecule is CN1CCc2c(NC(=O)c3ccncc3)n[nH]c2C1. The lowest BCUT2D eigenvalue weighted by Gasteiger charge is -2.21. The van der Waals surface area contributed by atoms with Crippen molar-refractivity contribution in [3.63, 3.8) is 0 Å². The van der Waals surface area contributed by atoms with Gasteiger partial charge >= 0.3 is 0 Å². The van der Waals surface area contributed by atoms with E-state index in [9.17, 15) is 4.79 Å². The normalized spacial score (nSPS) is 15.0. The summed E-state index contributed by atoms with van der Waals surface area (Å²) >= 11 is 0. The number of hydrogen-bond acceptors (Lipinski definition) is 4. The van der Waals surface area contributed by atoms with E-state index in [4.69, 9.17) is 0 Å². The van der Waals surface area contributed by atoms with Crippen LogP contribution in [0.3, 0.4) is 0 Å². The monoisotopic (exact) mass is 257 g/mol. The summed E-state index contributed by atoms with van der Waals surface area (Å²) in [5, 5.41) is 10.0. The Kier molecular flexibility index (Phi) is 3.00. The number of anilines is 1. The molecule has 6 heteroatoms. The highest BCUT2D eigenvalue weighted by Crippen LogP contribution is 2.23. The molecule has 98 valence electrons. The molecule has 1 aliphatic rings. The first kappa shape index (κ1) is 11.9. The summed E-state index contributed by atoms with van der Waals surface area (Å²) < 4.78 is 0. The molecule has 2 N–H and O–H groups in total. The van der Waals surface area contributed by atoms with Crippen LogP contribution in [0.1, 0.15) is 21.6 Å². The van der Waals surface area contributed by atoms with Crippen LogP contribution in [-0.4, -0.2) is 39.6 Å². The summed E-state index contributed by atoms with van der Waals surface area (Å²) in [5.41, 5.74) is 2.78. The maximum atomic E-state index is 12.1. The van der Waals surface area contributed by atoms with Gasteiger partial charge in [-0.05, 0) is 25.6 Å². The van der Waals surface area contributed by atoms with Crippen molar-refractivity contribution in [2.75, 3.05) is 18.9 Å². The number of amides is 1. The van der Waals surface area contributed by atoms with Crippen LogP contribution in [0.25, 0.3) is 0 Å². The standard InChI is InChI=1S/C13H15N5O/c1-18-7-4-10-11(8-18)16-17-12(10)15-13(19)9-2-5-14-6-3-9/h2-3,5-6H,4,7-8H2,1H3,(H2,15,16,17,19). The summed E-state index contributed by atoms with van der Waals surface area (Å²) in [5.74, 6) is 0.487. The molecule has 0 spiro atoms. The summed E-state index contributed by atoms with van der Waals surface area (Å²) in [6.07, 6.45) is 4.10. The van der Waals surface area contributed by atoms with E-state index in [1.165, 1.54) is 0 Å². The van der Waals surface area contributed by atoms with Gasteiger partial charge in [0.2, 0.25) is 0 Å². The fourth-order valence-corrected chi connectivity index (χ4v) is 2.24. The number of aromatic nitrogens is 3. The molecule has 0 saturated heterocycles. The van der Waals surface area contributed by atoms with Crippen LogP contribution in [0.15, 0.2) is 24.5 Å². The van der Waals surface area contributed by atoms with E-state index < -0.39 is 0 Å².